The molecule has 4 atom stereocenters. The van der Waals surface area contributed by atoms with Crippen molar-refractivity contribution in [2.24, 2.45) is 5.41 Å². The molecule has 1 saturated heterocycles. The minimum atomic E-state index is -1.02. The average Bonchev–Trinajstić information content (AvgIpc) is 3.44. The maximum absolute atomic E-state index is 14.1. The first kappa shape index (κ1) is 37.3. The van der Waals surface area contributed by atoms with Gasteiger partial charge in [-0.2, -0.15) is 0 Å². The van der Waals surface area contributed by atoms with Crippen molar-refractivity contribution in [1.29, 1.82) is 0 Å². The maximum Gasteiger partial charge on any atom is 0.407 e. The van der Waals surface area contributed by atoms with E-state index in [-0.39, 0.29) is 37.3 Å². The Morgan fingerprint density at radius 1 is 0.980 bits per heavy atom. The van der Waals surface area contributed by atoms with Gasteiger partial charge in [0.25, 0.3) is 0 Å². The zero-order chi connectivity index (χ0) is 35.5. The molecule has 0 unspecified atom stereocenters. The van der Waals surface area contributed by atoms with Crippen molar-refractivity contribution in [3.63, 3.8) is 0 Å². The van der Waals surface area contributed by atoms with E-state index < -0.39 is 30.4 Å². The summed E-state index contributed by atoms with van der Waals surface area (Å²) in [7, 11) is 0. The quantitative estimate of drug-likeness (QED) is 0.206. The van der Waals surface area contributed by atoms with E-state index in [1.54, 1.807) is 4.90 Å². The molecule has 0 bridgehead atoms. The van der Waals surface area contributed by atoms with E-state index in [9.17, 15) is 19.8 Å². The van der Waals surface area contributed by atoms with Crippen LogP contribution in [0, 0.1) is 5.41 Å². The Balaban J connectivity index is 1.26. The lowest BCUT2D eigenvalue weighted by Crippen LogP contribution is -2.46. The zero-order valence-electron chi connectivity index (χ0n) is 29.6. The lowest BCUT2D eigenvalue weighted by molar-refractivity contribution is -0.137. The number of benzene rings is 3. The Kier molecular flexibility index (Phi) is 13.3. The molecule has 1 heterocycles. The molecule has 2 amide bonds. The molecule has 270 valence electrons. The van der Waals surface area contributed by atoms with Crippen LogP contribution in [0.15, 0.2) is 78.9 Å². The van der Waals surface area contributed by atoms with Crippen LogP contribution >= 0.6 is 0 Å². The molecular weight excluding hydrogens is 634 g/mol. The third-order valence-electron chi connectivity index (χ3n) is 9.24. The molecule has 1 aliphatic carbocycles. The Hall–Kier alpha value is -3.96. The second-order valence-electron chi connectivity index (χ2n) is 14.6. The van der Waals surface area contributed by atoms with Crippen molar-refractivity contribution in [2.45, 2.75) is 77.3 Å². The van der Waals surface area contributed by atoms with Crippen molar-refractivity contribution in [3.05, 3.63) is 101 Å². The average molecular weight is 688 g/mol. The number of morpholine rings is 1. The topological polar surface area (TPSA) is 121 Å². The molecule has 10 heteroatoms. The number of amides is 2. The standard InChI is InChI=1S/C40H53N3O7/c1-40(2,3)28-50-39(47)41-34(25-29-9-5-4-6-10-29)35(44)17-18-37(46)43(38-33-12-8-7-11-31(33)26-36(38)45)27-30-13-15-32(16-14-30)49-24-21-42-19-22-48-23-20-42/h4-16,34-36,38,44-45H,17-28H2,1-3H3,(H,41,47)/t34-,35-,36+,38-/m0/s1. The number of aliphatic hydroxyl groups excluding tert-OH is 2. The highest BCUT2D eigenvalue weighted by Crippen LogP contribution is 2.37. The minimum Gasteiger partial charge on any atom is -0.492 e. The molecule has 3 aromatic carbocycles. The fourth-order valence-corrected chi connectivity index (χ4v) is 6.52. The summed E-state index contributed by atoms with van der Waals surface area (Å²) >= 11 is 0. The summed E-state index contributed by atoms with van der Waals surface area (Å²) in [4.78, 5) is 30.9. The van der Waals surface area contributed by atoms with Gasteiger partial charge >= 0.3 is 6.09 Å². The summed E-state index contributed by atoms with van der Waals surface area (Å²) in [5, 5.41) is 25.5. The summed E-state index contributed by atoms with van der Waals surface area (Å²) in [6, 6.07) is 24.0. The fraction of sp³-hybridized carbons (Fsp3) is 0.500. The predicted octanol–water partition coefficient (Wildman–Crippen LogP) is 4.91. The van der Waals surface area contributed by atoms with Gasteiger partial charge in [0.05, 0.1) is 44.1 Å². The van der Waals surface area contributed by atoms with Gasteiger partial charge in [-0.25, -0.2) is 4.79 Å². The number of carbonyl (C=O) groups is 2. The Morgan fingerprint density at radius 2 is 1.68 bits per heavy atom. The molecule has 5 rings (SSSR count). The first-order chi connectivity index (χ1) is 24.1. The highest BCUT2D eigenvalue weighted by molar-refractivity contribution is 5.77. The van der Waals surface area contributed by atoms with E-state index >= 15 is 0 Å². The number of nitrogens with zero attached hydrogens (tertiary/aromatic N) is 2. The molecule has 0 saturated carbocycles. The number of ether oxygens (including phenoxy) is 3. The van der Waals surface area contributed by atoms with Gasteiger partial charge in [0, 0.05) is 39.0 Å². The summed E-state index contributed by atoms with van der Waals surface area (Å²) in [6.45, 7) is 11.2. The lowest BCUT2D eigenvalue weighted by atomic mass is 9.97. The van der Waals surface area contributed by atoms with Crippen molar-refractivity contribution >= 4 is 12.0 Å². The van der Waals surface area contributed by atoms with Gasteiger partial charge in [0.2, 0.25) is 5.91 Å². The second-order valence-corrected chi connectivity index (χ2v) is 14.6. The third-order valence-corrected chi connectivity index (χ3v) is 9.24. The highest BCUT2D eigenvalue weighted by atomic mass is 16.5. The number of carbonyl (C=O) groups excluding carboxylic acids is 2. The monoisotopic (exact) mass is 687 g/mol. The number of rotatable bonds is 15. The van der Waals surface area contributed by atoms with Gasteiger partial charge in [-0.05, 0) is 52.6 Å². The molecule has 0 spiro atoms. The molecule has 0 aromatic heterocycles. The molecule has 0 radical (unpaired) electrons. The van der Waals surface area contributed by atoms with Crippen LogP contribution in [-0.2, 0) is 33.7 Å². The Bertz CT molecular complexity index is 1510. The van der Waals surface area contributed by atoms with Gasteiger partial charge in [0.1, 0.15) is 12.4 Å². The number of fused-ring (bicyclic) bond motifs is 1. The summed E-state index contributed by atoms with van der Waals surface area (Å²) in [6.07, 6.45) is -1.39. The second kappa shape index (κ2) is 17.8. The van der Waals surface area contributed by atoms with E-state index in [0.29, 0.717) is 19.4 Å². The highest BCUT2D eigenvalue weighted by Gasteiger charge is 2.38. The molecular formula is C40H53N3O7. The maximum atomic E-state index is 14.1. The van der Waals surface area contributed by atoms with Gasteiger partial charge < -0.3 is 34.6 Å². The van der Waals surface area contributed by atoms with Crippen LogP contribution in [0.3, 0.4) is 0 Å². The van der Waals surface area contributed by atoms with Gasteiger partial charge in [-0.1, -0.05) is 87.5 Å². The zero-order valence-corrected chi connectivity index (χ0v) is 29.6. The number of hydrogen-bond donors (Lipinski definition) is 3. The van der Waals surface area contributed by atoms with Crippen LogP contribution in [0.1, 0.15) is 61.9 Å². The first-order valence-electron chi connectivity index (χ1n) is 17.8. The lowest BCUT2D eigenvalue weighted by Gasteiger charge is -2.33. The van der Waals surface area contributed by atoms with Crippen LogP contribution in [-0.4, -0.2) is 96.3 Å². The molecule has 2 aliphatic rings. The van der Waals surface area contributed by atoms with Crippen LogP contribution < -0.4 is 10.1 Å². The molecule has 1 aliphatic heterocycles. The van der Waals surface area contributed by atoms with E-state index in [1.807, 2.05) is 99.6 Å². The summed E-state index contributed by atoms with van der Waals surface area (Å²) in [5.41, 5.74) is 3.59. The first-order valence-corrected chi connectivity index (χ1v) is 17.8. The Morgan fingerprint density at radius 3 is 2.40 bits per heavy atom. The number of aliphatic hydroxyl groups is 2. The molecule has 3 aromatic rings. The van der Waals surface area contributed by atoms with Crippen molar-refractivity contribution in [2.75, 3.05) is 46.1 Å². The van der Waals surface area contributed by atoms with Gasteiger partial charge in [-0.3, -0.25) is 9.69 Å². The van der Waals surface area contributed by atoms with Crippen LogP contribution in [0.25, 0.3) is 0 Å². The largest absolute Gasteiger partial charge is 0.492 e. The smallest absolute Gasteiger partial charge is 0.407 e. The molecule has 50 heavy (non-hydrogen) atoms. The minimum absolute atomic E-state index is 0.0271. The van der Waals surface area contributed by atoms with Gasteiger partial charge in [0.15, 0.2) is 0 Å². The van der Waals surface area contributed by atoms with Crippen LogP contribution in [0.5, 0.6) is 5.75 Å². The van der Waals surface area contributed by atoms with Crippen molar-refractivity contribution in [1.82, 2.24) is 15.1 Å². The van der Waals surface area contributed by atoms with E-state index in [1.165, 1.54) is 0 Å². The fourth-order valence-electron chi connectivity index (χ4n) is 6.52. The SMILES string of the molecule is CC(C)(C)COC(=O)N[C@@H](Cc1ccccc1)[C@@H](O)CCC(=O)N(Cc1ccc(OCCN2CCOCC2)cc1)[C@H]1c2ccccc2C[C@H]1O. The van der Waals surface area contributed by atoms with E-state index in [0.717, 1.165) is 60.9 Å². The van der Waals surface area contributed by atoms with Gasteiger partial charge in [-0.15, -0.1) is 0 Å². The summed E-state index contributed by atoms with van der Waals surface area (Å²) in [5.74, 6) is 0.566. The normalized spacial score (nSPS) is 18.9. The van der Waals surface area contributed by atoms with Crippen LogP contribution in [0.4, 0.5) is 4.79 Å². The number of alkyl carbamates (subject to hydrolysis) is 1. The van der Waals surface area contributed by atoms with E-state index in [4.69, 9.17) is 14.2 Å². The molecule has 3 N–H and O–H groups in total. The predicted molar refractivity (Wildman–Crippen MR) is 192 cm³/mol. The van der Waals surface area contributed by atoms with Crippen molar-refractivity contribution < 1.29 is 34.0 Å². The molecule has 1 fully saturated rings. The summed E-state index contributed by atoms with van der Waals surface area (Å²) < 4.78 is 16.9. The Labute approximate surface area is 296 Å². The van der Waals surface area contributed by atoms with Crippen LogP contribution in [0.2, 0.25) is 0 Å². The third kappa shape index (κ3) is 11.0. The van der Waals surface area contributed by atoms with E-state index in [2.05, 4.69) is 10.2 Å². The number of nitrogens with one attached hydrogen (secondary N) is 1. The number of hydrogen-bond acceptors (Lipinski definition) is 8. The molecule has 10 nitrogen and oxygen atoms in total. The van der Waals surface area contributed by atoms with Crippen molar-refractivity contribution in [3.8, 4) is 5.75 Å².